The molecule has 8 heteroatoms. The van der Waals surface area contributed by atoms with Crippen LogP contribution in [0.3, 0.4) is 0 Å². The molecule has 1 heterocycles. The van der Waals surface area contributed by atoms with E-state index in [2.05, 4.69) is 12.2 Å². The molecule has 3 rings (SSSR count). The normalized spacial score (nSPS) is 16.8. The van der Waals surface area contributed by atoms with E-state index in [1.165, 1.54) is 22.5 Å². The van der Waals surface area contributed by atoms with Gasteiger partial charge >= 0.3 is 0 Å². The van der Waals surface area contributed by atoms with Gasteiger partial charge in [-0.25, -0.2) is 8.42 Å². The van der Waals surface area contributed by atoms with Gasteiger partial charge in [0.05, 0.1) is 28.6 Å². The van der Waals surface area contributed by atoms with E-state index >= 15 is 0 Å². The van der Waals surface area contributed by atoms with Crippen LogP contribution in [0, 0.1) is 5.92 Å². The largest absolute Gasteiger partial charge is 0.497 e. The number of benzene rings is 2. The summed E-state index contributed by atoms with van der Waals surface area (Å²) in [6, 6.07) is 11.4. The van der Waals surface area contributed by atoms with E-state index in [-0.39, 0.29) is 21.5 Å². The van der Waals surface area contributed by atoms with Gasteiger partial charge in [-0.15, -0.1) is 0 Å². The van der Waals surface area contributed by atoms with Crippen LogP contribution >= 0.6 is 11.6 Å². The molecule has 1 amide bonds. The number of ether oxygens (including phenoxy) is 1. The molecule has 6 nitrogen and oxygen atoms in total. The second-order valence-electron chi connectivity index (χ2n) is 7.70. The van der Waals surface area contributed by atoms with Crippen molar-refractivity contribution in [2.45, 2.75) is 37.6 Å². The summed E-state index contributed by atoms with van der Waals surface area (Å²) < 4.78 is 32.7. The van der Waals surface area contributed by atoms with Crippen molar-refractivity contribution >= 4 is 27.5 Å². The maximum Gasteiger partial charge on any atom is 0.253 e. The molecule has 2 aromatic rings. The predicted molar refractivity (Wildman–Crippen MR) is 117 cm³/mol. The molecule has 1 fully saturated rings. The van der Waals surface area contributed by atoms with Gasteiger partial charge in [-0.2, -0.15) is 4.31 Å². The Balaban J connectivity index is 1.79. The van der Waals surface area contributed by atoms with Crippen molar-refractivity contribution in [3.05, 3.63) is 58.6 Å². The molecule has 1 atom stereocenters. The number of halogens is 1. The molecule has 0 saturated carbocycles. The molecule has 0 aliphatic carbocycles. The van der Waals surface area contributed by atoms with Crippen LogP contribution in [0.1, 0.15) is 48.7 Å². The molecule has 162 valence electrons. The summed E-state index contributed by atoms with van der Waals surface area (Å²) in [5, 5.41) is 3.09. The Morgan fingerprint density at radius 2 is 1.80 bits per heavy atom. The van der Waals surface area contributed by atoms with Crippen LogP contribution in [0.5, 0.6) is 5.75 Å². The Morgan fingerprint density at radius 1 is 1.17 bits per heavy atom. The Labute approximate surface area is 183 Å². The molecule has 1 N–H and O–H groups in total. The zero-order chi connectivity index (χ0) is 21.9. The third-order valence-electron chi connectivity index (χ3n) is 5.53. The topological polar surface area (TPSA) is 75.7 Å². The quantitative estimate of drug-likeness (QED) is 0.713. The molecule has 30 heavy (non-hydrogen) atoms. The van der Waals surface area contributed by atoms with Crippen molar-refractivity contribution in [3.63, 3.8) is 0 Å². The Bertz CT molecular complexity index is 1000. The number of sulfonamides is 1. The van der Waals surface area contributed by atoms with Gasteiger partial charge in [0.1, 0.15) is 5.75 Å². The smallest absolute Gasteiger partial charge is 0.253 e. The van der Waals surface area contributed by atoms with E-state index in [0.29, 0.717) is 19.0 Å². The van der Waals surface area contributed by atoms with Crippen molar-refractivity contribution < 1.29 is 17.9 Å². The number of amides is 1. The predicted octanol–water partition coefficient (Wildman–Crippen LogP) is 4.26. The lowest BCUT2D eigenvalue weighted by Crippen LogP contribution is -2.38. The molecule has 0 unspecified atom stereocenters. The Kier molecular flexibility index (Phi) is 7.06. The van der Waals surface area contributed by atoms with Crippen LogP contribution in [-0.4, -0.2) is 38.8 Å². The summed E-state index contributed by atoms with van der Waals surface area (Å²) in [5.74, 6) is 0.820. The highest BCUT2D eigenvalue weighted by atomic mass is 35.5. The lowest BCUT2D eigenvalue weighted by molar-refractivity contribution is 0.0940. The Morgan fingerprint density at radius 3 is 2.40 bits per heavy atom. The first kappa shape index (κ1) is 22.6. The van der Waals surface area contributed by atoms with Gasteiger partial charge in [-0.3, -0.25) is 4.79 Å². The van der Waals surface area contributed by atoms with E-state index in [1.807, 2.05) is 31.2 Å². The van der Waals surface area contributed by atoms with Crippen molar-refractivity contribution in [1.29, 1.82) is 0 Å². The van der Waals surface area contributed by atoms with Crippen LogP contribution in [0.15, 0.2) is 47.4 Å². The summed E-state index contributed by atoms with van der Waals surface area (Å²) in [6.45, 7) is 4.95. The van der Waals surface area contributed by atoms with E-state index in [1.54, 1.807) is 7.11 Å². The highest BCUT2D eigenvalue weighted by Crippen LogP contribution is 2.27. The van der Waals surface area contributed by atoms with Gasteiger partial charge in [0.15, 0.2) is 0 Å². The van der Waals surface area contributed by atoms with Gasteiger partial charge in [0, 0.05) is 13.1 Å². The number of carbonyl (C=O) groups is 1. The third-order valence-corrected chi connectivity index (χ3v) is 7.75. The molecule has 1 aliphatic heterocycles. The average molecular weight is 451 g/mol. The van der Waals surface area contributed by atoms with Crippen LogP contribution in [-0.2, 0) is 10.0 Å². The van der Waals surface area contributed by atoms with Gasteiger partial charge < -0.3 is 10.1 Å². The molecule has 0 bridgehead atoms. The summed E-state index contributed by atoms with van der Waals surface area (Å²) in [5.41, 5.74) is 1.04. The molecule has 1 saturated heterocycles. The monoisotopic (exact) mass is 450 g/mol. The molecular weight excluding hydrogens is 424 g/mol. The Hall–Kier alpha value is -2.09. The number of methoxy groups -OCH3 is 1. The standard InChI is InChI=1S/C22H27ClN2O4S/c1-15-10-12-25(13-11-15)30(27,28)19-8-9-21(23)20(14-19)22(26)24-16(2)17-4-6-18(29-3)7-5-17/h4-9,14-16H,10-13H2,1-3H3,(H,24,26)/t16-/m0/s1. The van der Waals surface area contributed by atoms with Crippen molar-refractivity contribution in [3.8, 4) is 5.75 Å². The van der Waals surface area contributed by atoms with Crippen molar-refractivity contribution in [1.82, 2.24) is 9.62 Å². The second kappa shape index (κ2) is 9.37. The zero-order valence-corrected chi connectivity index (χ0v) is 19.0. The van der Waals surface area contributed by atoms with E-state index in [4.69, 9.17) is 16.3 Å². The van der Waals surface area contributed by atoms with Gasteiger partial charge in [-0.05, 0) is 61.6 Å². The zero-order valence-electron chi connectivity index (χ0n) is 17.4. The summed E-state index contributed by atoms with van der Waals surface area (Å²) in [6.07, 6.45) is 1.67. The second-order valence-corrected chi connectivity index (χ2v) is 10.0. The first-order valence-corrected chi connectivity index (χ1v) is 11.8. The highest BCUT2D eigenvalue weighted by molar-refractivity contribution is 7.89. The van der Waals surface area contributed by atoms with Gasteiger partial charge in [0.25, 0.3) is 5.91 Å². The molecule has 0 aromatic heterocycles. The number of hydrogen-bond acceptors (Lipinski definition) is 4. The van der Waals surface area contributed by atoms with Crippen molar-refractivity contribution in [2.24, 2.45) is 5.92 Å². The first-order chi connectivity index (χ1) is 14.2. The molecule has 2 aromatic carbocycles. The average Bonchev–Trinajstić information content (AvgIpc) is 2.74. The molecule has 1 aliphatic rings. The van der Waals surface area contributed by atoms with Crippen molar-refractivity contribution in [2.75, 3.05) is 20.2 Å². The fourth-order valence-electron chi connectivity index (χ4n) is 3.46. The van der Waals surface area contributed by atoms with Crippen LogP contribution in [0.4, 0.5) is 0 Å². The number of rotatable bonds is 6. The SMILES string of the molecule is COc1ccc([C@H](C)NC(=O)c2cc(S(=O)(=O)N3CCC(C)CC3)ccc2Cl)cc1. The first-order valence-electron chi connectivity index (χ1n) is 9.97. The maximum absolute atomic E-state index is 13.0. The van der Waals surface area contributed by atoms with Crippen LogP contribution in [0.25, 0.3) is 0 Å². The summed E-state index contributed by atoms with van der Waals surface area (Å²) in [7, 11) is -2.07. The number of nitrogens with one attached hydrogen (secondary N) is 1. The minimum absolute atomic E-state index is 0.0868. The fourth-order valence-corrected chi connectivity index (χ4v) is 5.16. The van der Waals surface area contributed by atoms with E-state index in [9.17, 15) is 13.2 Å². The molecule has 0 radical (unpaired) electrons. The van der Waals surface area contributed by atoms with Crippen LogP contribution in [0.2, 0.25) is 5.02 Å². The third kappa shape index (κ3) is 4.96. The van der Waals surface area contributed by atoms with Crippen LogP contribution < -0.4 is 10.1 Å². The molecule has 0 spiro atoms. The maximum atomic E-state index is 13.0. The highest BCUT2D eigenvalue weighted by Gasteiger charge is 2.29. The minimum Gasteiger partial charge on any atom is -0.497 e. The van der Waals surface area contributed by atoms with Gasteiger partial charge in [-0.1, -0.05) is 30.7 Å². The number of nitrogens with zero attached hydrogens (tertiary/aromatic N) is 1. The lowest BCUT2D eigenvalue weighted by Gasteiger charge is -2.29. The fraction of sp³-hybridized carbons (Fsp3) is 0.409. The number of carbonyl (C=O) groups excluding carboxylic acids is 1. The molecular formula is C22H27ClN2O4S. The summed E-state index contributed by atoms with van der Waals surface area (Å²) in [4.78, 5) is 12.9. The lowest BCUT2D eigenvalue weighted by atomic mass is 10.0. The number of piperidine rings is 1. The van der Waals surface area contributed by atoms with E-state index < -0.39 is 15.9 Å². The number of hydrogen-bond donors (Lipinski definition) is 1. The minimum atomic E-state index is -3.67. The van der Waals surface area contributed by atoms with Gasteiger partial charge in [0.2, 0.25) is 10.0 Å². The van der Waals surface area contributed by atoms with E-state index in [0.717, 1.165) is 24.2 Å². The summed E-state index contributed by atoms with van der Waals surface area (Å²) >= 11 is 6.23.